The Morgan fingerprint density at radius 3 is 2.59 bits per heavy atom. The van der Waals surface area contributed by atoms with Gasteiger partial charge in [-0.15, -0.1) is 0 Å². The molecule has 2 N–H and O–H groups in total. The molecule has 0 aliphatic carbocycles. The Morgan fingerprint density at radius 1 is 0.906 bits per heavy atom. The summed E-state index contributed by atoms with van der Waals surface area (Å²) in [7, 11) is 0. The summed E-state index contributed by atoms with van der Waals surface area (Å²) in [6.45, 7) is 8.28. The summed E-state index contributed by atoms with van der Waals surface area (Å²) in [5.41, 5.74) is 12.8. The molecule has 0 aliphatic heterocycles. The highest BCUT2D eigenvalue weighted by molar-refractivity contribution is 6.08. The molecule has 4 rings (SSSR count). The summed E-state index contributed by atoms with van der Waals surface area (Å²) in [6, 6.07) is 14.8. The lowest BCUT2D eigenvalue weighted by Crippen LogP contribution is -2.07. The molecule has 0 aliphatic rings. The van der Waals surface area contributed by atoms with Crippen LogP contribution in [0.2, 0.25) is 0 Å². The highest BCUT2D eigenvalue weighted by Gasteiger charge is 2.10. The molecular formula is C27H31N3O2. The molecule has 5 nitrogen and oxygen atoms in total. The molecule has 0 bridgehead atoms. The van der Waals surface area contributed by atoms with Crippen molar-refractivity contribution in [2.45, 2.75) is 40.0 Å². The van der Waals surface area contributed by atoms with Crippen molar-refractivity contribution in [1.82, 2.24) is 9.97 Å². The Kier molecular flexibility index (Phi) is 6.86. The number of nitrogens with zero attached hydrogens (tertiary/aromatic N) is 2. The number of fused-ring (bicyclic) bond motifs is 3. The molecule has 0 unspecified atom stereocenters. The highest BCUT2D eigenvalue weighted by Crippen LogP contribution is 2.28. The fourth-order valence-corrected chi connectivity index (χ4v) is 3.98. The molecule has 2 heterocycles. The highest BCUT2D eigenvalue weighted by atomic mass is 16.5. The molecule has 0 saturated carbocycles. The Balaban J connectivity index is 1.47. The number of pyridine rings is 2. The second-order valence-electron chi connectivity index (χ2n) is 8.31. The van der Waals surface area contributed by atoms with Crippen LogP contribution >= 0.6 is 0 Å². The zero-order valence-electron chi connectivity index (χ0n) is 19.1. The van der Waals surface area contributed by atoms with E-state index < -0.39 is 0 Å². The van der Waals surface area contributed by atoms with Crippen LogP contribution in [0.25, 0.3) is 21.8 Å². The Bertz CT molecular complexity index is 1240. The molecular weight excluding hydrogens is 398 g/mol. The van der Waals surface area contributed by atoms with Gasteiger partial charge in [0.05, 0.1) is 12.1 Å². The van der Waals surface area contributed by atoms with Gasteiger partial charge in [-0.1, -0.05) is 25.1 Å². The molecule has 0 spiro atoms. The van der Waals surface area contributed by atoms with Gasteiger partial charge in [0.25, 0.3) is 0 Å². The van der Waals surface area contributed by atoms with E-state index in [1.54, 1.807) is 0 Å². The number of hydrogen-bond acceptors (Lipinski definition) is 5. The van der Waals surface area contributed by atoms with E-state index in [1.807, 2.05) is 12.3 Å². The standard InChI is InChI=1S/C27H31N3O2/c1-4-11-31-12-13-32-22-9-8-21(19(3)15-22)7-6-20-16-24-23-10-5-18(2)14-25(23)30-27(28)26(24)29-17-20/h5,8-10,14-17H,4,6-7,11-13H2,1-3H3,(H2,28,30). The van der Waals surface area contributed by atoms with Crippen LogP contribution in [0.4, 0.5) is 5.82 Å². The van der Waals surface area contributed by atoms with Crippen LogP contribution in [0, 0.1) is 13.8 Å². The molecule has 2 aromatic carbocycles. The van der Waals surface area contributed by atoms with Crippen LogP contribution in [0.15, 0.2) is 48.7 Å². The number of ether oxygens (including phenoxy) is 2. The van der Waals surface area contributed by atoms with E-state index in [1.165, 1.54) is 22.3 Å². The number of benzene rings is 2. The van der Waals surface area contributed by atoms with Gasteiger partial charge in [0.1, 0.15) is 17.9 Å². The van der Waals surface area contributed by atoms with Gasteiger partial charge < -0.3 is 15.2 Å². The number of aromatic nitrogens is 2. The zero-order chi connectivity index (χ0) is 22.5. The fraction of sp³-hybridized carbons (Fsp3) is 0.333. The monoisotopic (exact) mass is 429 g/mol. The molecule has 4 aromatic rings. The molecule has 32 heavy (non-hydrogen) atoms. The largest absolute Gasteiger partial charge is 0.491 e. The third-order valence-electron chi connectivity index (χ3n) is 5.71. The Morgan fingerprint density at radius 2 is 1.78 bits per heavy atom. The third-order valence-corrected chi connectivity index (χ3v) is 5.71. The van der Waals surface area contributed by atoms with E-state index in [0.29, 0.717) is 19.0 Å². The minimum Gasteiger partial charge on any atom is -0.491 e. The van der Waals surface area contributed by atoms with Crippen molar-refractivity contribution >= 4 is 27.6 Å². The second kappa shape index (κ2) is 9.96. The predicted octanol–water partition coefficient (Wildman–Crippen LogP) is 5.57. The first-order valence-corrected chi connectivity index (χ1v) is 11.3. The lowest BCUT2D eigenvalue weighted by molar-refractivity contribution is 0.101. The maximum atomic E-state index is 6.19. The maximum absolute atomic E-state index is 6.19. The Hall–Kier alpha value is -3.18. The van der Waals surface area contributed by atoms with Gasteiger partial charge in [-0.3, -0.25) is 4.98 Å². The number of aryl methyl sites for hydroxylation is 4. The summed E-state index contributed by atoms with van der Waals surface area (Å²) in [4.78, 5) is 9.18. The normalized spacial score (nSPS) is 11.3. The van der Waals surface area contributed by atoms with E-state index in [9.17, 15) is 0 Å². The summed E-state index contributed by atoms with van der Waals surface area (Å²) in [5.74, 6) is 1.37. The topological polar surface area (TPSA) is 70.3 Å². The molecule has 0 radical (unpaired) electrons. The van der Waals surface area contributed by atoms with Gasteiger partial charge in [-0.25, -0.2) is 4.98 Å². The minimum absolute atomic E-state index is 0.483. The summed E-state index contributed by atoms with van der Waals surface area (Å²) >= 11 is 0. The first kappa shape index (κ1) is 22.0. The summed E-state index contributed by atoms with van der Waals surface area (Å²) in [5, 5.41) is 2.16. The molecule has 2 aromatic heterocycles. The number of rotatable bonds is 9. The number of nitrogen functional groups attached to an aromatic ring is 1. The molecule has 0 amide bonds. The van der Waals surface area contributed by atoms with E-state index in [4.69, 9.17) is 15.2 Å². The first-order valence-electron chi connectivity index (χ1n) is 11.3. The average Bonchev–Trinajstić information content (AvgIpc) is 2.78. The van der Waals surface area contributed by atoms with Gasteiger partial charge in [0.15, 0.2) is 5.82 Å². The third kappa shape index (κ3) is 5.00. The summed E-state index contributed by atoms with van der Waals surface area (Å²) in [6.07, 6.45) is 4.80. The van der Waals surface area contributed by atoms with Crippen LogP contribution in [0.3, 0.4) is 0 Å². The minimum atomic E-state index is 0.483. The quantitative estimate of drug-likeness (QED) is 0.278. The number of nitrogens with two attached hydrogens (primary N) is 1. The van der Waals surface area contributed by atoms with Crippen molar-refractivity contribution in [1.29, 1.82) is 0 Å². The lowest BCUT2D eigenvalue weighted by Gasteiger charge is -2.11. The fourth-order valence-electron chi connectivity index (χ4n) is 3.98. The van der Waals surface area contributed by atoms with Crippen LogP contribution in [0.5, 0.6) is 5.75 Å². The lowest BCUT2D eigenvalue weighted by atomic mass is 9.99. The number of hydrogen-bond donors (Lipinski definition) is 1. The van der Waals surface area contributed by atoms with Gasteiger partial charge in [0, 0.05) is 23.6 Å². The van der Waals surface area contributed by atoms with Crippen LogP contribution in [-0.4, -0.2) is 29.8 Å². The molecule has 166 valence electrons. The average molecular weight is 430 g/mol. The van der Waals surface area contributed by atoms with Crippen molar-refractivity contribution in [3.05, 3.63) is 70.9 Å². The van der Waals surface area contributed by atoms with Crippen molar-refractivity contribution in [3.63, 3.8) is 0 Å². The van der Waals surface area contributed by atoms with E-state index >= 15 is 0 Å². The van der Waals surface area contributed by atoms with Gasteiger partial charge in [-0.05, 0) is 79.6 Å². The van der Waals surface area contributed by atoms with E-state index in [2.05, 4.69) is 67.1 Å². The van der Waals surface area contributed by atoms with Gasteiger partial charge in [0.2, 0.25) is 0 Å². The van der Waals surface area contributed by atoms with Gasteiger partial charge in [-0.2, -0.15) is 0 Å². The molecule has 0 saturated heterocycles. The van der Waals surface area contributed by atoms with Crippen LogP contribution in [0.1, 0.15) is 35.6 Å². The predicted molar refractivity (Wildman–Crippen MR) is 131 cm³/mol. The number of anilines is 1. The van der Waals surface area contributed by atoms with Crippen molar-refractivity contribution in [2.75, 3.05) is 25.6 Å². The van der Waals surface area contributed by atoms with Crippen molar-refractivity contribution < 1.29 is 9.47 Å². The van der Waals surface area contributed by atoms with Crippen LogP contribution in [-0.2, 0) is 17.6 Å². The molecule has 5 heteroatoms. The SMILES string of the molecule is CCCOCCOc1ccc(CCc2cnc3c(N)nc4cc(C)ccc4c3c2)c(C)c1. The molecule has 0 atom stereocenters. The van der Waals surface area contributed by atoms with E-state index in [-0.39, 0.29) is 0 Å². The van der Waals surface area contributed by atoms with Crippen LogP contribution < -0.4 is 10.5 Å². The summed E-state index contributed by atoms with van der Waals surface area (Å²) < 4.78 is 11.3. The van der Waals surface area contributed by atoms with Crippen molar-refractivity contribution in [2.24, 2.45) is 0 Å². The Labute approximate surface area is 189 Å². The van der Waals surface area contributed by atoms with E-state index in [0.717, 1.165) is 53.4 Å². The second-order valence-corrected chi connectivity index (χ2v) is 8.31. The smallest absolute Gasteiger partial charge is 0.150 e. The molecule has 0 fully saturated rings. The van der Waals surface area contributed by atoms with Gasteiger partial charge >= 0.3 is 0 Å². The maximum Gasteiger partial charge on any atom is 0.150 e. The first-order chi connectivity index (χ1) is 15.5. The van der Waals surface area contributed by atoms with Crippen molar-refractivity contribution in [3.8, 4) is 5.75 Å². The zero-order valence-corrected chi connectivity index (χ0v) is 19.1.